The van der Waals surface area contributed by atoms with Crippen molar-refractivity contribution in [3.05, 3.63) is 23.0 Å². The Bertz CT molecular complexity index is 447. The molecule has 0 aliphatic heterocycles. The number of nitrogen functional groups attached to an aromatic ring is 1. The maximum atomic E-state index is 13.5. The summed E-state index contributed by atoms with van der Waals surface area (Å²) in [6.45, 7) is 0.457. The Labute approximate surface area is 111 Å². The molecule has 3 nitrogen and oxygen atoms in total. The van der Waals surface area contributed by atoms with Crippen molar-refractivity contribution in [3.8, 4) is 0 Å². The number of benzene rings is 1. The summed E-state index contributed by atoms with van der Waals surface area (Å²) in [4.78, 5) is 1.79. The van der Waals surface area contributed by atoms with Crippen molar-refractivity contribution in [1.82, 2.24) is 0 Å². The van der Waals surface area contributed by atoms with Gasteiger partial charge in [0, 0.05) is 19.7 Å². The number of halogens is 2. The van der Waals surface area contributed by atoms with E-state index in [0.29, 0.717) is 17.9 Å². The minimum atomic E-state index is -0.683. The standard InChI is InChI=1S/C13H18ClFN2O/c1-17(8-13(18)4-2-3-5-13)12-7-10(15)9(14)6-11(12)16/h6-7,18H,2-5,8,16H2,1H3. The fourth-order valence-corrected chi connectivity index (χ4v) is 2.77. The maximum Gasteiger partial charge on any atom is 0.144 e. The number of hydrogen-bond donors (Lipinski definition) is 2. The average molecular weight is 273 g/mol. The minimum absolute atomic E-state index is 0.0178. The molecule has 1 saturated carbocycles. The van der Waals surface area contributed by atoms with Crippen molar-refractivity contribution in [2.75, 3.05) is 24.2 Å². The summed E-state index contributed by atoms with van der Waals surface area (Å²) in [5, 5.41) is 10.4. The van der Waals surface area contributed by atoms with E-state index in [0.717, 1.165) is 25.7 Å². The number of nitrogens with two attached hydrogens (primary N) is 1. The molecule has 1 aliphatic rings. The molecule has 1 fully saturated rings. The second-order valence-corrected chi connectivity index (χ2v) is 5.52. The molecule has 18 heavy (non-hydrogen) atoms. The topological polar surface area (TPSA) is 49.5 Å². The van der Waals surface area contributed by atoms with Crippen molar-refractivity contribution in [3.63, 3.8) is 0 Å². The summed E-state index contributed by atoms with van der Waals surface area (Å²) in [6, 6.07) is 2.72. The van der Waals surface area contributed by atoms with Crippen LogP contribution in [0.3, 0.4) is 0 Å². The molecule has 1 aromatic carbocycles. The number of anilines is 2. The van der Waals surface area contributed by atoms with Crippen LogP contribution in [-0.2, 0) is 0 Å². The molecule has 0 spiro atoms. The largest absolute Gasteiger partial charge is 0.397 e. The Morgan fingerprint density at radius 3 is 2.67 bits per heavy atom. The van der Waals surface area contributed by atoms with Crippen LogP contribution in [0.15, 0.2) is 12.1 Å². The van der Waals surface area contributed by atoms with Crippen LogP contribution in [0.4, 0.5) is 15.8 Å². The molecular weight excluding hydrogens is 255 g/mol. The first-order valence-corrected chi connectivity index (χ1v) is 6.47. The molecule has 0 heterocycles. The Morgan fingerprint density at radius 1 is 1.44 bits per heavy atom. The number of aliphatic hydroxyl groups is 1. The van der Waals surface area contributed by atoms with Gasteiger partial charge in [0.25, 0.3) is 0 Å². The molecule has 0 bridgehead atoms. The van der Waals surface area contributed by atoms with E-state index in [-0.39, 0.29) is 5.02 Å². The molecule has 1 aromatic rings. The van der Waals surface area contributed by atoms with E-state index in [4.69, 9.17) is 17.3 Å². The van der Waals surface area contributed by atoms with Crippen molar-refractivity contribution in [2.24, 2.45) is 0 Å². The van der Waals surface area contributed by atoms with Gasteiger partial charge in [-0.2, -0.15) is 0 Å². The van der Waals surface area contributed by atoms with Crippen LogP contribution in [0.25, 0.3) is 0 Å². The molecular formula is C13H18ClFN2O. The maximum absolute atomic E-state index is 13.5. The van der Waals surface area contributed by atoms with E-state index >= 15 is 0 Å². The van der Waals surface area contributed by atoms with E-state index in [1.165, 1.54) is 12.1 Å². The third-order valence-corrected chi connectivity index (χ3v) is 3.84. The Morgan fingerprint density at radius 2 is 2.06 bits per heavy atom. The molecule has 0 unspecified atom stereocenters. The van der Waals surface area contributed by atoms with Gasteiger partial charge >= 0.3 is 0 Å². The molecule has 3 N–H and O–H groups in total. The summed E-state index contributed by atoms with van der Waals surface area (Å²) in [5.74, 6) is -0.494. The first kappa shape index (κ1) is 13.4. The summed E-state index contributed by atoms with van der Waals surface area (Å²) in [7, 11) is 1.80. The first-order chi connectivity index (χ1) is 8.41. The summed E-state index contributed by atoms with van der Waals surface area (Å²) in [6.07, 6.45) is 3.64. The van der Waals surface area contributed by atoms with Crippen molar-refractivity contribution in [1.29, 1.82) is 0 Å². The molecule has 5 heteroatoms. The lowest BCUT2D eigenvalue weighted by Gasteiger charge is -2.30. The molecule has 0 amide bonds. The lowest BCUT2D eigenvalue weighted by molar-refractivity contribution is 0.0559. The van der Waals surface area contributed by atoms with Crippen molar-refractivity contribution >= 4 is 23.0 Å². The van der Waals surface area contributed by atoms with Crippen molar-refractivity contribution < 1.29 is 9.50 Å². The van der Waals surface area contributed by atoms with Crippen LogP contribution < -0.4 is 10.6 Å². The highest BCUT2D eigenvalue weighted by atomic mass is 35.5. The van der Waals surface area contributed by atoms with Gasteiger partial charge in [-0.15, -0.1) is 0 Å². The van der Waals surface area contributed by atoms with Crippen LogP contribution in [0.1, 0.15) is 25.7 Å². The zero-order valence-corrected chi connectivity index (χ0v) is 11.2. The monoisotopic (exact) mass is 272 g/mol. The SMILES string of the molecule is CN(CC1(O)CCCC1)c1cc(F)c(Cl)cc1N. The van der Waals surface area contributed by atoms with Crippen LogP contribution in [-0.4, -0.2) is 24.3 Å². The smallest absolute Gasteiger partial charge is 0.144 e. The Balaban J connectivity index is 2.18. The predicted molar refractivity (Wildman–Crippen MR) is 72.5 cm³/mol. The molecule has 100 valence electrons. The van der Waals surface area contributed by atoms with Crippen LogP contribution in [0.5, 0.6) is 0 Å². The fourth-order valence-electron chi connectivity index (χ4n) is 2.60. The number of likely N-dealkylation sites (N-methyl/N-ethyl adjacent to an activating group) is 1. The van der Waals surface area contributed by atoms with Gasteiger partial charge in [-0.05, 0) is 18.9 Å². The van der Waals surface area contributed by atoms with Gasteiger partial charge < -0.3 is 15.7 Å². The quantitative estimate of drug-likeness (QED) is 0.832. The van der Waals surface area contributed by atoms with E-state index in [1.54, 1.807) is 11.9 Å². The Hall–Kier alpha value is -1.00. The van der Waals surface area contributed by atoms with Crippen LogP contribution in [0.2, 0.25) is 5.02 Å². The lowest BCUT2D eigenvalue weighted by atomic mass is 10.0. The highest BCUT2D eigenvalue weighted by molar-refractivity contribution is 6.31. The lowest BCUT2D eigenvalue weighted by Crippen LogP contribution is -2.39. The van der Waals surface area contributed by atoms with Gasteiger partial charge in [0.1, 0.15) is 5.82 Å². The zero-order chi connectivity index (χ0) is 13.3. The third kappa shape index (κ3) is 2.70. The highest BCUT2D eigenvalue weighted by Gasteiger charge is 2.32. The summed E-state index contributed by atoms with van der Waals surface area (Å²) in [5.41, 5.74) is 6.14. The second-order valence-electron chi connectivity index (χ2n) is 5.11. The Kier molecular flexibility index (Phi) is 3.69. The molecule has 0 atom stereocenters. The van der Waals surface area contributed by atoms with Gasteiger partial charge in [0.15, 0.2) is 0 Å². The second kappa shape index (κ2) is 4.94. The van der Waals surface area contributed by atoms with Crippen molar-refractivity contribution in [2.45, 2.75) is 31.3 Å². The number of nitrogens with zero attached hydrogens (tertiary/aromatic N) is 1. The molecule has 2 rings (SSSR count). The van der Waals surface area contributed by atoms with Gasteiger partial charge in [0.2, 0.25) is 0 Å². The van der Waals surface area contributed by atoms with Gasteiger partial charge in [-0.3, -0.25) is 0 Å². The first-order valence-electron chi connectivity index (χ1n) is 6.09. The summed E-state index contributed by atoms with van der Waals surface area (Å²) < 4.78 is 13.5. The normalized spacial score (nSPS) is 18.0. The van der Waals surface area contributed by atoms with Crippen LogP contribution in [0, 0.1) is 5.82 Å². The molecule has 0 aromatic heterocycles. The minimum Gasteiger partial charge on any atom is -0.397 e. The highest BCUT2D eigenvalue weighted by Crippen LogP contribution is 2.34. The number of rotatable bonds is 3. The zero-order valence-electron chi connectivity index (χ0n) is 10.4. The third-order valence-electron chi connectivity index (χ3n) is 3.55. The number of hydrogen-bond acceptors (Lipinski definition) is 3. The van der Waals surface area contributed by atoms with Crippen LogP contribution >= 0.6 is 11.6 Å². The van der Waals surface area contributed by atoms with E-state index in [1.807, 2.05) is 0 Å². The van der Waals surface area contributed by atoms with E-state index in [9.17, 15) is 9.50 Å². The summed E-state index contributed by atoms with van der Waals surface area (Å²) >= 11 is 5.67. The van der Waals surface area contributed by atoms with Gasteiger partial charge in [0.05, 0.1) is 22.0 Å². The molecule has 1 aliphatic carbocycles. The van der Waals surface area contributed by atoms with E-state index < -0.39 is 11.4 Å². The van der Waals surface area contributed by atoms with E-state index in [2.05, 4.69) is 0 Å². The fraction of sp³-hybridized carbons (Fsp3) is 0.538. The predicted octanol–water partition coefficient (Wildman–Crippen LogP) is 2.80. The van der Waals surface area contributed by atoms with Gasteiger partial charge in [-0.25, -0.2) is 4.39 Å². The molecule has 0 radical (unpaired) electrons. The average Bonchev–Trinajstić information content (AvgIpc) is 2.70. The molecule has 0 saturated heterocycles. The van der Waals surface area contributed by atoms with Gasteiger partial charge in [-0.1, -0.05) is 24.4 Å².